The van der Waals surface area contributed by atoms with E-state index >= 15 is 0 Å². The van der Waals surface area contributed by atoms with Gasteiger partial charge in [-0.05, 0) is 58.6 Å². The van der Waals surface area contributed by atoms with E-state index in [9.17, 15) is 4.79 Å². The Morgan fingerprint density at radius 2 is 2.00 bits per heavy atom. The predicted octanol–water partition coefficient (Wildman–Crippen LogP) is 3.20. The molecular weight excluding hydrogens is 306 g/mol. The average Bonchev–Trinajstić information content (AvgIpc) is 2.43. The highest BCUT2D eigenvalue weighted by Gasteiger charge is 2.03. The minimum absolute atomic E-state index is 0.0103. The van der Waals surface area contributed by atoms with Crippen LogP contribution in [0.3, 0.4) is 0 Å². The smallest absolute Gasteiger partial charge is 0.225 e. The van der Waals surface area contributed by atoms with Gasteiger partial charge >= 0.3 is 0 Å². The van der Waals surface area contributed by atoms with Gasteiger partial charge in [-0.15, -0.1) is 0 Å². The van der Waals surface area contributed by atoms with Crippen LogP contribution in [0, 0.1) is 0 Å². The molecule has 1 amide bonds. The van der Waals surface area contributed by atoms with Gasteiger partial charge in [0.2, 0.25) is 5.91 Å². The van der Waals surface area contributed by atoms with E-state index in [1.165, 1.54) is 5.56 Å². The number of carbonyl (C=O) groups is 1. The fourth-order valence-corrected chi connectivity index (χ4v) is 1.89. The number of halogens is 1. The van der Waals surface area contributed by atoms with E-state index in [4.69, 9.17) is 0 Å². The van der Waals surface area contributed by atoms with Crippen LogP contribution < -0.4 is 5.32 Å². The van der Waals surface area contributed by atoms with Gasteiger partial charge in [0.05, 0.1) is 0 Å². The van der Waals surface area contributed by atoms with Gasteiger partial charge in [0.15, 0.2) is 0 Å². The second-order valence-electron chi connectivity index (χ2n) is 4.12. The van der Waals surface area contributed by atoms with Crippen molar-refractivity contribution in [3.63, 3.8) is 0 Å². The van der Waals surface area contributed by atoms with E-state index < -0.39 is 0 Å². The summed E-state index contributed by atoms with van der Waals surface area (Å²) in [6.07, 6.45) is 7.37. The summed E-state index contributed by atoms with van der Waals surface area (Å²) in [6.45, 7) is 0. The van der Waals surface area contributed by atoms with E-state index in [1.54, 1.807) is 24.7 Å². The topological polar surface area (TPSA) is 54.9 Å². The standard InChI is InChI=1S/C14H14BrN3O/c15-12-4-5-13(17-10-12)18-14(19)3-1-2-11-6-8-16-9-7-11/h4-10H,1-3H2,(H,17,18,19). The van der Waals surface area contributed by atoms with Crippen molar-refractivity contribution in [2.24, 2.45) is 0 Å². The molecule has 0 fully saturated rings. The quantitative estimate of drug-likeness (QED) is 0.920. The molecule has 0 aromatic carbocycles. The Bertz CT molecular complexity index is 528. The monoisotopic (exact) mass is 319 g/mol. The molecule has 2 aromatic heterocycles. The number of nitrogens with one attached hydrogen (secondary N) is 1. The summed E-state index contributed by atoms with van der Waals surface area (Å²) in [5.41, 5.74) is 1.20. The molecular formula is C14H14BrN3O. The first-order valence-electron chi connectivity index (χ1n) is 6.04. The molecule has 19 heavy (non-hydrogen) atoms. The van der Waals surface area contributed by atoms with Crippen LogP contribution in [0.15, 0.2) is 47.3 Å². The van der Waals surface area contributed by atoms with Crippen LogP contribution in [0.1, 0.15) is 18.4 Å². The lowest BCUT2D eigenvalue weighted by Crippen LogP contribution is -2.12. The third kappa shape index (κ3) is 4.79. The van der Waals surface area contributed by atoms with Crippen molar-refractivity contribution in [3.05, 3.63) is 52.9 Å². The van der Waals surface area contributed by atoms with Crippen molar-refractivity contribution in [1.82, 2.24) is 9.97 Å². The molecule has 0 aliphatic carbocycles. The molecule has 5 heteroatoms. The maximum absolute atomic E-state index is 11.7. The number of nitrogens with zero attached hydrogens (tertiary/aromatic N) is 2. The molecule has 4 nitrogen and oxygen atoms in total. The van der Waals surface area contributed by atoms with E-state index in [1.807, 2.05) is 18.2 Å². The zero-order chi connectivity index (χ0) is 13.5. The first-order chi connectivity index (χ1) is 9.24. The highest BCUT2D eigenvalue weighted by Crippen LogP contribution is 2.11. The first kappa shape index (κ1) is 13.7. The Labute approximate surface area is 120 Å². The number of aryl methyl sites for hydroxylation is 1. The molecule has 1 N–H and O–H groups in total. The fraction of sp³-hybridized carbons (Fsp3) is 0.214. The Balaban J connectivity index is 1.74. The Hall–Kier alpha value is -1.75. The average molecular weight is 320 g/mol. The maximum Gasteiger partial charge on any atom is 0.225 e. The first-order valence-corrected chi connectivity index (χ1v) is 6.83. The second kappa shape index (κ2) is 6.99. The van der Waals surface area contributed by atoms with Gasteiger partial charge in [-0.3, -0.25) is 9.78 Å². The van der Waals surface area contributed by atoms with Crippen LogP contribution >= 0.6 is 15.9 Å². The van der Waals surface area contributed by atoms with Crippen molar-refractivity contribution < 1.29 is 4.79 Å². The number of hydrogen-bond donors (Lipinski definition) is 1. The Morgan fingerprint density at radius 1 is 1.21 bits per heavy atom. The number of carbonyl (C=O) groups excluding carboxylic acids is 1. The molecule has 0 radical (unpaired) electrons. The number of rotatable bonds is 5. The van der Waals surface area contributed by atoms with Gasteiger partial charge in [-0.25, -0.2) is 4.98 Å². The summed E-state index contributed by atoms with van der Waals surface area (Å²) in [4.78, 5) is 19.8. The highest BCUT2D eigenvalue weighted by molar-refractivity contribution is 9.10. The summed E-state index contributed by atoms with van der Waals surface area (Å²) in [6, 6.07) is 7.55. The molecule has 98 valence electrons. The normalized spacial score (nSPS) is 10.2. The van der Waals surface area contributed by atoms with Crippen LogP contribution in [0.5, 0.6) is 0 Å². The van der Waals surface area contributed by atoms with E-state index in [0.29, 0.717) is 12.2 Å². The molecule has 0 aliphatic rings. The molecule has 0 saturated heterocycles. The van der Waals surface area contributed by atoms with Crippen molar-refractivity contribution in [3.8, 4) is 0 Å². The zero-order valence-electron chi connectivity index (χ0n) is 10.3. The lowest BCUT2D eigenvalue weighted by Gasteiger charge is -2.04. The molecule has 0 atom stereocenters. The Kier molecular flexibility index (Phi) is 5.03. The van der Waals surface area contributed by atoms with Crippen molar-refractivity contribution in [2.45, 2.75) is 19.3 Å². The largest absolute Gasteiger partial charge is 0.311 e. The van der Waals surface area contributed by atoms with Crippen LogP contribution in [-0.4, -0.2) is 15.9 Å². The minimum Gasteiger partial charge on any atom is -0.311 e. The minimum atomic E-state index is -0.0103. The highest BCUT2D eigenvalue weighted by atomic mass is 79.9. The van der Waals surface area contributed by atoms with Crippen molar-refractivity contribution in [2.75, 3.05) is 5.32 Å². The van der Waals surface area contributed by atoms with Crippen LogP contribution in [0.4, 0.5) is 5.82 Å². The van der Waals surface area contributed by atoms with Crippen LogP contribution in [0.2, 0.25) is 0 Å². The third-order valence-corrected chi connectivity index (χ3v) is 3.08. The van der Waals surface area contributed by atoms with Crippen LogP contribution in [-0.2, 0) is 11.2 Å². The maximum atomic E-state index is 11.7. The molecule has 0 spiro atoms. The molecule has 0 aliphatic heterocycles. The van der Waals surface area contributed by atoms with Gasteiger partial charge in [0.25, 0.3) is 0 Å². The number of pyridine rings is 2. The van der Waals surface area contributed by atoms with Gasteiger partial charge in [-0.1, -0.05) is 0 Å². The fourth-order valence-electron chi connectivity index (χ4n) is 1.66. The zero-order valence-corrected chi connectivity index (χ0v) is 11.9. The van der Waals surface area contributed by atoms with Crippen molar-refractivity contribution >= 4 is 27.7 Å². The molecule has 0 bridgehead atoms. The van der Waals surface area contributed by atoms with Gasteiger partial charge in [-0.2, -0.15) is 0 Å². The molecule has 2 heterocycles. The molecule has 2 aromatic rings. The Morgan fingerprint density at radius 3 is 2.68 bits per heavy atom. The van der Waals surface area contributed by atoms with E-state index in [0.717, 1.165) is 17.3 Å². The number of aromatic nitrogens is 2. The number of anilines is 1. The third-order valence-electron chi connectivity index (χ3n) is 2.61. The predicted molar refractivity (Wildman–Crippen MR) is 77.7 cm³/mol. The van der Waals surface area contributed by atoms with Crippen molar-refractivity contribution in [1.29, 1.82) is 0 Å². The van der Waals surface area contributed by atoms with Gasteiger partial charge in [0, 0.05) is 29.5 Å². The van der Waals surface area contributed by atoms with Crippen LogP contribution in [0.25, 0.3) is 0 Å². The van der Waals surface area contributed by atoms with Gasteiger partial charge < -0.3 is 5.32 Å². The van der Waals surface area contributed by atoms with Gasteiger partial charge in [0.1, 0.15) is 5.82 Å². The lowest BCUT2D eigenvalue weighted by molar-refractivity contribution is -0.116. The lowest BCUT2D eigenvalue weighted by atomic mass is 10.1. The summed E-state index contributed by atoms with van der Waals surface area (Å²) in [7, 11) is 0. The summed E-state index contributed by atoms with van der Waals surface area (Å²) < 4.78 is 0.892. The van der Waals surface area contributed by atoms with E-state index in [2.05, 4.69) is 31.2 Å². The summed E-state index contributed by atoms with van der Waals surface area (Å²) in [5.74, 6) is 0.570. The molecule has 0 unspecified atom stereocenters. The summed E-state index contributed by atoms with van der Waals surface area (Å²) >= 11 is 3.30. The van der Waals surface area contributed by atoms with E-state index in [-0.39, 0.29) is 5.91 Å². The second-order valence-corrected chi connectivity index (χ2v) is 5.03. The number of hydrogen-bond acceptors (Lipinski definition) is 3. The molecule has 2 rings (SSSR count). The molecule has 0 saturated carbocycles. The summed E-state index contributed by atoms with van der Waals surface area (Å²) in [5, 5.41) is 2.77. The number of amides is 1. The SMILES string of the molecule is O=C(CCCc1ccncc1)Nc1ccc(Br)cn1.